The Morgan fingerprint density at radius 1 is 0.833 bits per heavy atom. The van der Waals surface area contributed by atoms with Gasteiger partial charge in [-0.2, -0.15) is 0 Å². The van der Waals surface area contributed by atoms with Gasteiger partial charge in [0.15, 0.2) is 0 Å². The van der Waals surface area contributed by atoms with Gasteiger partial charge in [-0.3, -0.25) is 15.0 Å². The van der Waals surface area contributed by atoms with E-state index in [2.05, 4.69) is 12.2 Å². The molecule has 0 bridgehead atoms. The minimum atomic E-state index is -0.257. The summed E-state index contributed by atoms with van der Waals surface area (Å²) in [6.45, 7) is 1.96. The SMILES string of the molecule is N=C(c1ccc(CN2C(=O)CN(C(=O)c3ccc(Cl)cc3)Cc3c(Cl)cccc32)cc1)N1CC=CC1. The summed E-state index contributed by atoms with van der Waals surface area (Å²) in [7, 11) is 0. The molecule has 0 aromatic heterocycles. The van der Waals surface area contributed by atoms with Gasteiger partial charge in [-0.1, -0.05) is 65.7 Å². The zero-order valence-corrected chi connectivity index (χ0v) is 21.0. The lowest BCUT2D eigenvalue weighted by atomic mass is 10.1. The maximum Gasteiger partial charge on any atom is 0.254 e. The van der Waals surface area contributed by atoms with Crippen molar-refractivity contribution in [1.29, 1.82) is 5.41 Å². The zero-order chi connectivity index (χ0) is 25.2. The quantitative estimate of drug-likeness (QED) is 0.286. The molecule has 8 heteroatoms. The lowest BCUT2D eigenvalue weighted by Gasteiger charge is -2.24. The highest BCUT2D eigenvalue weighted by molar-refractivity contribution is 6.32. The lowest BCUT2D eigenvalue weighted by Crippen LogP contribution is -2.39. The van der Waals surface area contributed by atoms with E-state index in [0.29, 0.717) is 33.7 Å². The van der Waals surface area contributed by atoms with Gasteiger partial charge in [0.2, 0.25) is 5.91 Å². The number of hydrogen-bond acceptors (Lipinski definition) is 3. The molecule has 182 valence electrons. The molecule has 0 saturated heterocycles. The first-order chi connectivity index (χ1) is 17.4. The fourth-order valence-corrected chi connectivity index (χ4v) is 4.83. The van der Waals surface area contributed by atoms with Gasteiger partial charge in [-0.25, -0.2) is 0 Å². The summed E-state index contributed by atoms with van der Waals surface area (Å²) in [6.07, 6.45) is 4.11. The van der Waals surface area contributed by atoms with Gasteiger partial charge in [-0.15, -0.1) is 0 Å². The number of nitrogens with zero attached hydrogens (tertiary/aromatic N) is 3. The van der Waals surface area contributed by atoms with Crippen LogP contribution in [0.5, 0.6) is 0 Å². The number of fused-ring (bicyclic) bond motifs is 1. The molecule has 2 aliphatic rings. The van der Waals surface area contributed by atoms with E-state index in [9.17, 15) is 9.59 Å². The molecule has 3 aromatic rings. The van der Waals surface area contributed by atoms with Crippen LogP contribution in [0.1, 0.15) is 27.0 Å². The predicted octanol–water partition coefficient (Wildman–Crippen LogP) is 5.38. The van der Waals surface area contributed by atoms with Crippen molar-refractivity contribution in [3.63, 3.8) is 0 Å². The van der Waals surface area contributed by atoms with Gasteiger partial charge in [0.1, 0.15) is 12.4 Å². The number of amidine groups is 1. The average molecular weight is 519 g/mol. The number of rotatable bonds is 4. The molecule has 1 N–H and O–H groups in total. The first-order valence-corrected chi connectivity index (χ1v) is 12.4. The van der Waals surface area contributed by atoms with Crippen molar-refractivity contribution in [3.05, 3.63) is 111 Å². The first kappa shape index (κ1) is 24.1. The maximum absolute atomic E-state index is 13.5. The number of hydrogen-bond donors (Lipinski definition) is 1. The van der Waals surface area contributed by atoms with Gasteiger partial charge in [0.25, 0.3) is 5.91 Å². The molecule has 0 atom stereocenters. The van der Waals surface area contributed by atoms with Gasteiger partial charge >= 0.3 is 0 Å². The summed E-state index contributed by atoms with van der Waals surface area (Å²) >= 11 is 12.5. The number of halogens is 2. The second-order valence-electron chi connectivity index (χ2n) is 8.81. The highest BCUT2D eigenvalue weighted by atomic mass is 35.5. The third-order valence-electron chi connectivity index (χ3n) is 6.44. The van der Waals surface area contributed by atoms with Gasteiger partial charge in [-0.05, 0) is 42.0 Å². The Morgan fingerprint density at radius 2 is 1.50 bits per heavy atom. The highest BCUT2D eigenvalue weighted by Crippen LogP contribution is 2.33. The van der Waals surface area contributed by atoms with Crippen LogP contribution in [0.15, 0.2) is 78.9 Å². The van der Waals surface area contributed by atoms with E-state index in [-0.39, 0.29) is 24.9 Å². The Morgan fingerprint density at radius 3 is 2.19 bits per heavy atom. The number of carbonyl (C=O) groups is 2. The molecule has 3 aromatic carbocycles. The number of benzene rings is 3. The van der Waals surface area contributed by atoms with E-state index in [1.165, 1.54) is 4.90 Å². The maximum atomic E-state index is 13.5. The van der Waals surface area contributed by atoms with Crippen LogP contribution in [-0.4, -0.2) is 47.1 Å². The predicted molar refractivity (Wildman–Crippen MR) is 143 cm³/mol. The molecule has 0 unspecified atom stereocenters. The third-order valence-corrected chi connectivity index (χ3v) is 7.05. The Bertz CT molecular complexity index is 1340. The summed E-state index contributed by atoms with van der Waals surface area (Å²) in [5.74, 6) is 0.0242. The molecular formula is C28H24Cl2N4O2. The van der Waals surface area contributed by atoms with Crippen LogP contribution in [0.2, 0.25) is 10.0 Å². The van der Waals surface area contributed by atoms with Crippen LogP contribution in [-0.2, 0) is 17.9 Å². The van der Waals surface area contributed by atoms with Crippen LogP contribution in [0.25, 0.3) is 0 Å². The zero-order valence-electron chi connectivity index (χ0n) is 19.5. The second kappa shape index (κ2) is 10.2. The Balaban J connectivity index is 1.40. The van der Waals surface area contributed by atoms with Crippen LogP contribution >= 0.6 is 23.2 Å². The summed E-state index contributed by atoms with van der Waals surface area (Å²) in [4.78, 5) is 31.9. The molecule has 0 fully saturated rings. The summed E-state index contributed by atoms with van der Waals surface area (Å²) in [5, 5.41) is 9.48. The number of anilines is 1. The van der Waals surface area contributed by atoms with Crippen molar-refractivity contribution in [2.75, 3.05) is 24.5 Å². The lowest BCUT2D eigenvalue weighted by molar-refractivity contribution is -0.119. The molecule has 2 heterocycles. The van der Waals surface area contributed by atoms with Crippen molar-refractivity contribution in [1.82, 2.24) is 9.80 Å². The van der Waals surface area contributed by atoms with Gasteiger partial charge in [0.05, 0.1) is 18.8 Å². The van der Waals surface area contributed by atoms with E-state index < -0.39 is 0 Å². The fourth-order valence-electron chi connectivity index (χ4n) is 4.47. The fraction of sp³-hybridized carbons (Fsp3) is 0.179. The van der Waals surface area contributed by atoms with E-state index in [1.807, 2.05) is 41.3 Å². The van der Waals surface area contributed by atoms with E-state index in [0.717, 1.165) is 29.8 Å². The molecule has 6 nitrogen and oxygen atoms in total. The minimum Gasteiger partial charge on any atom is -0.349 e. The van der Waals surface area contributed by atoms with Gasteiger partial charge in [0, 0.05) is 39.8 Å². The van der Waals surface area contributed by atoms with Crippen molar-refractivity contribution < 1.29 is 9.59 Å². The molecule has 0 aliphatic carbocycles. The van der Waals surface area contributed by atoms with E-state index in [1.54, 1.807) is 35.2 Å². The van der Waals surface area contributed by atoms with E-state index >= 15 is 0 Å². The van der Waals surface area contributed by atoms with Crippen molar-refractivity contribution in [2.24, 2.45) is 0 Å². The van der Waals surface area contributed by atoms with Crippen LogP contribution in [0.4, 0.5) is 5.69 Å². The minimum absolute atomic E-state index is 0.0723. The number of carbonyl (C=O) groups excluding carboxylic acids is 2. The molecular weight excluding hydrogens is 495 g/mol. The summed E-state index contributed by atoms with van der Waals surface area (Å²) < 4.78 is 0. The van der Waals surface area contributed by atoms with Gasteiger partial charge < -0.3 is 14.7 Å². The number of amides is 2. The van der Waals surface area contributed by atoms with Crippen molar-refractivity contribution in [3.8, 4) is 0 Å². The first-order valence-electron chi connectivity index (χ1n) is 11.6. The van der Waals surface area contributed by atoms with Crippen LogP contribution in [0, 0.1) is 5.41 Å². The Hall–Kier alpha value is -3.61. The molecule has 5 rings (SSSR count). The van der Waals surface area contributed by atoms with E-state index in [4.69, 9.17) is 28.6 Å². The largest absolute Gasteiger partial charge is 0.349 e. The topological polar surface area (TPSA) is 67.7 Å². The van der Waals surface area contributed by atoms with Crippen molar-refractivity contribution in [2.45, 2.75) is 13.1 Å². The smallest absolute Gasteiger partial charge is 0.254 e. The standard InChI is InChI=1S/C28H24Cl2N4O2/c29-22-12-10-21(11-13-22)28(36)33-17-23-24(30)4-3-5-25(23)34(26(35)18-33)16-19-6-8-20(9-7-19)27(31)32-14-1-2-15-32/h1-13,31H,14-18H2. The molecule has 2 aliphatic heterocycles. The second-order valence-corrected chi connectivity index (χ2v) is 9.65. The van der Waals surface area contributed by atoms with Crippen molar-refractivity contribution >= 4 is 46.5 Å². The normalized spacial score (nSPS) is 15.2. The molecule has 0 radical (unpaired) electrons. The number of nitrogens with one attached hydrogen (secondary N) is 1. The third kappa shape index (κ3) is 4.87. The Labute approximate surface area is 219 Å². The monoisotopic (exact) mass is 518 g/mol. The highest BCUT2D eigenvalue weighted by Gasteiger charge is 2.30. The molecule has 0 saturated carbocycles. The van der Waals surface area contributed by atoms with Crippen LogP contribution < -0.4 is 4.90 Å². The average Bonchev–Trinajstić information content (AvgIpc) is 3.38. The van der Waals surface area contributed by atoms with Crippen LogP contribution in [0.3, 0.4) is 0 Å². The summed E-state index contributed by atoms with van der Waals surface area (Å²) in [5.41, 5.74) is 3.63. The molecule has 36 heavy (non-hydrogen) atoms. The Kier molecular flexibility index (Phi) is 6.81. The summed E-state index contributed by atoms with van der Waals surface area (Å²) in [6, 6.07) is 19.8. The molecule has 2 amide bonds. The molecule has 0 spiro atoms.